The predicted molar refractivity (Wildman–Crippen MR) is 41.8 cm³/mol. The van der Waals surface area contributed by atoms with Crippen LogP contribution in [0.25, 0.3) is 0 Å². The molecular formula is C7H17Al. The zero-order valence-corrected chi connectivity index (χ0v) is 7.56. The van der Waals surface area contributed by atoms with Crippen LogP contribution in [0.4, 0.5) is 0 Å². The van der Waals surface area contributed by atoms with Crippen molar-refractivity contribution in [3.63, 3.8) is 0 Å². The highest BCUT2D eigenvalue weighted by molar-refractivity contribution is 6.58. The Morgan fingerprint density at radius 1 is 1.00 bits per heavy atom. The normalized spacial score (nSPS) is 9.38. The van der Waals surface area contributed by atoms with E-state index >= 15 is 0 Å². The molecule has 0 aromatic carbocycles. The largest absolute Gasteiger partial charge is 0.261 e. The molecule has 0 aliphatic heterocycles. The Hall–Kier alpha value is 0.532. The molecule has 0 aromatic heterocycles. The molecule has 0 heterocycles. The van der Waals surface area contributed by atoms with E-state index in [9.17, 15) is 0 Å². The highest BCUT2D eigenvalue weighted by Crippen LogP contribution is 2.05. The Kier molecular flexibility index (Phi) is 6.04. The van der Waals surface area contributed by atoms with E-state index in [1.165, 1.54) is 17.0 Å². The standard InChI is InChI=1S/C3H7.2C2H5.Al/c1-3-2;2*1-2;/h1,3H2,2H3;2*1H2,2H3;. The summed E-state index contributed by atoms with van der Waals surface area (Å²) in [6.07, 6.45) is 1.42. The number of rotatable bonds is 4. The van der Waals surface area contributed by atoms with Gasteiger partial charge in [-0.1, -0.05) is 43.0 Å². The van der Waals surface area contributed by atoms with Gasteiger partial charge in [0.1, 0.15) is 0 Å². The lowest BCUT2D eigenvalue weighted by molar-refractivity contribution is 1.04. The summed E-state index contributed by atoms with van der Waals surface area (Å²) in [5.74, 6) is 0. The van der Waals surface area contributed by atoms with E-state index in [1.54, 1.807) is 5.28 Å². The van der Waals surface area contributed by atoms with Gasteiger partial charge in [0, 0.05) is 0 Å². The minimum Gasteiger partial charge on any atom is -0.0967 e. The lowest BCUT2D eigenvalue weighted by atomic mass is 10.6. The van der Waals surface area contributed by atoms with Crippen LogP contribution in [-0.2, 0) is 0 Å². The topological polar surface area (TPSA) is 0 Å². The van der Waals surface area contributed by atoms with Gasteiger partial charge in [-0.3, -0.25) is 0 Å². The van der Waals surface area contributed by atoms with E-state index in [1.807, 2.05) is 0 Å². The lowest BCUT2D eigenvalue weighted by Gasteiger charge is -2.00. The van der Waals surface area contributed by atoms with Gasteiger partial charge < -0.3 is 0 Å². The molecule has 0 amide bonds. The van der Waals surface area contributed by atoms with E-state index in [-0.39, 0.29) is 14.1 Å². The fourth-order valence-corrected chi connectivity index (χ4v) is 3.32. The van der Waals surface area contributed by atoms with Gasteiger partial charge in [0.15, 0.2) is 0 Å². The predicted octanol–water partition coefficient (Wildman–Crippen LogP) is 2.93. The quantitative estimate of drug-likeness (QED) is 0.511. The maximum absolute atomic E-state index is 2.34. The number of hydrogen-bond donors (Lipinski definition) is 0. The molecule has 48 valence electrons. The van der Waals surface area contributed by atoms with E-state index in [4.69, 9.17) is 0 Å². The Morgan fingerprint density at radius 2 is 1.50 bits per heavy atom. The van der Waals surface area contributed by atoms with Crippen LogP contribution in [0.1, 0.15) is 27.2 Å². The first-order valence-corrected chi connectivity index (χ1v) is 6.30. The minimum absolute atomic E-state index is 0.192. The third-order valence-corrected chi connectivity index (χ3v) is 5.55. The molecule has 0 N–H and O–H groups in total. The SMILES string of the molecule is CC[CH2][Al]([CH2]C)[CH2]C. The maximum atomic E-state index is 2.34. The van der Waals surface area contributed by atoms with E-state index in [0.29, 0.717) is 0 Å². The molecule has 0 aromatic rings. The van der Waals surface area contributed by atoms with Gasteiger partial charge in [-0.15, -0.1) is 0 Å². The van der Waals surface area contributed by atoms with Crippen molar-refractivity contribution < 1.29 is 0 Å². The van der Waals surface area contributed by atoms with Gasteiger partial charge in [0.25, 0.3) is 14.1 Å². The minimum atomic E-state index is -0.192. The van der Waals surface area contributed by atoms with Crippen LogP contribution in [0.5, 0.6) is 0 Å². The Morgan fingerprint density at radius 3 is 1.62 bits per heavy atom. The molecule has 0 unspecified atom stereocenters. The van der Waals surface area contributed by atoms with E-state index in [2.05, 4.69) is 20.8 Å². The second-order valence-corrected chi connectivity index (χ2v) is 6.41. The Bertz CT molecular complexity index is 39.7. The maximum Gasteiger partial charge on any atom is 0.261 e. The molecule has 0 aliphatic rings. The van der Waals surface area contributed by atoms with Crippen molar-refractivity contribution in [3.8, 4) is 0 Å². The van der Waals surface area contributed by atoms with Crippen LogP contribution in [0.2, 0.25) is 15.8 Å². The van der Waals surface area contributed by atoms with Crippen molar-refractivity contribution in [2.45, 2.75) is 43.0 Å². The fraction of sp³-hybridized carbons (Fsp3) is 1.00. The van der Waals surface area contributed by atoms with Gasteiger partial charge >= 0.3 is 0 Å². The molecule has 0 aliphatic carbocycles. The van der Waals surface area contributed by atoms with Crippen LogP contribution >= 0.6 is 0 Å². The Labute approximate surface area is 57.7 Å². The summed E-state index contributed by atoms with van der Waals surface area (Å²) < 4.78 is 0. The highest BCUT2D eigenvalue weighted by Gasteiger charge is 2.08. The summed E-state index contributed by atoms with van der Waals surface area (Å²) in [4.78, 5) is 0. The second kappa shape index (κ2) is 5.67. The van der Waals surface area contributed by atoms with Crippen LogP contribution in [0, 0.1) is 0 Å². The molecular weight excluding hydrogens is 111 g/mol. The molecule has 0 spiro atoms. The van der Waals surface area contributed by atoms with Crippen LogP contribution in [0.15, 0.2) is 0 Å². The van der Waals surface area contributed by atoms with Crippen molar-refractivity contribution in [1.82, 2.24) is 0 Å². The summed E-state index contributed by atoms with van der Waals surface area (Å²) in [6.45, 7) is 6.98. The van der Waals surface area contributed by atoms with Gasteiger partial charge in [0.05, 0.1) is 0 Å². The molecule has 0 radical (unpaired) electrons. The van der Waals surface area contributed by atoms with Crippen molar-refractivity contribution in [3.05, 3.63) is 0 Å². The molecule has 0 saturated heterocycles. The summed E-state index contributed by atoms with van der Waals surface area (Å²) in [6, 6.07) is 0. The average molecular weight is 128 g/mol. The fourth-order valence-electron chi connectivity index (χ4n) is 1.11. The zero-order valence-electron chi connectivity index (χ0n) is 6.41. The van der Waals surface area contributed by atoms with Crippen molar-refractivity contribution >= 4 is 14.1 Å². The summed E-state index contributed by atoms with van der Waals surface area (Å²) in [7, 11) is 0. The van der Waals surface area contributed by atoms with Crippen LogP contribution in [0.3, 0.4) is 0 Å². The third-order valence-electron chi connectivity index (χ3n) is 1.85. The van der Waals surface area contributed by atoms with Gasteiger partial charge in [-0.05, 0) is 0 Å². The average Bonchev–Trinajstić information content (AvgIpc) is 1.83. The van der Waals surface area contributed by atoms with Gasteiger partial charge in [0.2, 0.25) is 0 Å². The summed E-state index contributed by atoms with van der Waals surface area (Å²) >= 11 is -0.192. The summed E-state index contributed by atoms with van der Waals surface area (Å²) in [5.41, 5.74) is 0. The van der Waals surface area contributed by atoms with Crippen molar-refractivity contribution in [1.29, 1.82) is 0 Å². The Balaban J connectivity index is 3.07. The molecule has 1 heteroatoms. The smallest absolute Gasteiger partial charge is 0.0967 e. The van der Waals surface area contributed by atoms with Crippen LogP contribution < -0.4 is 0 Å². The third kappa shape index (κ3) is 3.52. The highest BCUT2D eigenvalue weighted by atomic mass is 27.2. The van der Waals surface area contributed by atoms with Crippen molar-refractivity contribution in [2.75, 3.05) is 0 Å². The van der Waals surface area contributed by atoms with E-state index in [0.717, 1.165) is 0 Å². The first-order chi connectivity index (χ1) is 3.85. The van der Waals surface area contributed by atoms with Crippen molar-refractivity contribution in [2.24, 2.45) is 0 Å². The molecule has 8 heavy (non-hydrogen) atoms. The summed E-state index contributed by atoms with van der Waals surface area (Å²) in [5, 5.41) is 4.57. The molecule has 0 saturated carbocycles. The first-order valence-electron chi connectivity index (χ1n) is 3.85. The molecule has 0 rings (SSSR count). The molecule has 0 nitrogen and oxygen atoms in total. The number of hydrogen-bond acceptors (Lipinski definition) is 0. The van der Waals surface area contributed by atoms with Gasteiger partial charge in [-0.2, -0.15) is 0 Å². The second-order valence-electron chi connectivity index (χ2n) is 2.47. The van der Waals surface area contributed by atoms with Gasteiger partial charge in [-0.25, -0.2) is 0 Å². The zero-order chi connectivity index (χ0) is 6.41. The van der Waals surface area contributed by atoms with Crippen LogP contribution in [-0.4, -0.2) is 14.1 Å². The molecule has 0 atom stereocenters. The lowest BCUT2D eigenvalue weighted by Crippen LogP contribution is -2.06. The molecule has 0 bridgehead atoms. The molecule has 0 fully saturated rings. The van der Waals surface area contributed by atoms with E-state index < -0.39 is 0 Å². The monoisotopic (exact) mass is 128 g/mol. The first kappa shape index (κ1) is 8.53.